The van der Waals surface area contributed by atoms with Crippen molar-refractivity contribution in [1.82, 2.24) is 5.32 Å². The fourth-order valence-electron chi connectivity index (χ4n) is 2.64. The number of halogens is 3. The van der Waals surface area contributed by atoms with E-state index in [-0.39, 0.29) is 12.4 Å². The number of rotatable bonds is 8. The van der Waals surface area contributed by atoms with Gasteiger partial charge in [-0.1, -0.05) is 66.9 Å². The molecular formula is C19H24Cl3NO. The first-order chi connectivity index (χ1) is 11.2. The zero-order valence-electron chi connectivity index (χ0n) is 14.0. The van der Waals surface area contributed by atoms with Gasteiger partial charge in [-0.3, -0.25) is 0 Å². The lowest BCUT2D eigenvalue weighted by atomic mass is 10.0. The van der Waals surface area contributed by atoms with Crippen molar-refractivity contribution in [1.29, 1.82) is 0 Å². The minimum absolute atomic E-state index is 0. The van der Waals surface area contributed by atoms with Crippen LogP contribution in [0.1, 0.15) is 43.9 Å². The quantitative estimate of drug-likeness (QED) is 0.561. The number of hydrogen-bond donors (Lipinski definition) is 1. The largest absolute Gasteiger partial charge is 0.492 e. The monoisotopic (exact) mass is 387 g/mol. The summed E-state index contributed by atoms with van der Waals surface area (Å²) in [6.45, 7) is 5.38. The summed E-state index contributed by atoms with van der Waals surface area (Å²) in [5.41, 5.74) is 2.28. The third-order valence-electron chi connectivity index (χ3n) is 3.69. The van der Waals surface area contributed by atoms with Gasteiger partial charge in [-0.2, -0.15) is 0 Å². The van der Waals surface area contributed by atoms with Crippen LogP contribution in [0, 0.1) is 0 Å². The summed E-state index contributed by atoms with van der Waals surface area (Å²) in [5.74, 6) is 0.717. The Kier molecular flexibility index (Phi) is 9.53. The molecule has 132 valence electrons. The standard InChI is InChI=1S/C19H23Cl2NO.ClH/c1-3-8-18(14-9-6-5-7-10-14)22-13-15-11-16(20)12-17(21)19(15)23-4-2;/h5-7,9-12,18,22H,3-4,8,13H2,1-2H3;1H. The summed E-state index contributed by atoms with van der Waals surface area (Å²) in [7, 11) is 0. The Balaban J connectivity index is 0.00000288. The summed E-state index contributed by atoms with van der Waals surface area (Å²) >= 11 is 12.4. The highest BCUT2D eigenvalue weighted by Crippen LogP contribution is 2.33. The predicted molar refractivity (Wildman–Crippen MR) is 106 cm³/mol. The maximum atomic E-state index is 6.27. The van der Waals surface area contributed by atoms with E-state index >= 15 is 0 Å². The van der Waals surface area contributed by atoms with Crippen LogP contribution >= 0.6 is 35.6 Å². The molecule has 1 atom stereocenters. The molecule has 1 unspecified atom stereocenters. The van der Waals surface area contributed by atoms with Gasteiger partial charge in [0.15, 0.2) is 0 Å². The molecule has 24 heavy (non-hydrogen) atoms. The van der Waals surface area contributed by atoms with Crippen LogP contribution in [0.5, 0.6) is 5.75 Å². The van der Waals surface area contributed by atoms with Crippen LogP contribution in [-0.4, -0.2) is 6.61 Å². The van der Waals surface area contributed by atoms with Gasteiger partial charge in [0, 0.05) is 23.2 Å². The van der Waals surface area contributed by atoms with Gasteiger partial charge in [0.25, 0.3) is 0 Å². The summed E-state index contributed by atoms with van der Waals surface area (Å²) in [5, 5.41) is 4.79. The van der Waals surface area contributed by atoms with E-state index in [1.165, 1.54) is 5.56 Å². The maximum Gasteiger partial charge on any atom is 0.142 e. The van der Waals surface area contributed by atoms with E-state index in [1.54, 1.807) is 6.07 Å². The lowest BCUT2D eigenvalue weighted by Crippen LogP contribution is -2.21. The molecule has 2 rings (SSSR count). The van der Waals surface area contributed by atoms with Gasteiger partial charge in [-0.05, 0) is 31.0 Å². The molecule has 5 heteroatoms. The Bertz CT molecular complexity index is 620. The van der Waals surface area contributed by atoms with Gasteiger partial charge >= 0.3 is 0 Å². The molecule has 2 nitrogen and oxygen atoms in total. The van der Waals surface area contributed by atoms with Gasteiger partial charge in [-0.25, -0.2) is 0 Å². The molecule has 0 aliphatic carbocycles. The Hall–Kier alpha value is -0.930. The van der Waals surface area contributed by atoms with Crippen molar-refractivity contribution in [2.24, 2.45) is 0 Å². The van der Waals surface area contributed by atoms with E-state index in [0.717, 1.165) is 24.2 Å². The molecule has 0 radical (unpaired) electrons. The summed E-state index contributed by atoms with van der Waals surface area (Å²) < 4.78 is 5.69. The van der Waals surface area contributed by atoms with Gasteiger partial charge in [0.1, 0.15) is 5.75 Å². The molecule has 0 aromatic heterocycles. The number of nitrogens with one attached hydrogen (secondary N) is 1. The maximum absolute atomic E-state index is 6.27. The zero-order valence-corrected chi connectivity index (χ0v) is 16.3. The van der Waals surface area contributed by atoms with Crippen molar-refractivity contribution in [3.05, 3.63) is 63.6 Å². The highest BCUT2D eigenvalue weighted by Gasteiger charge is 2.14. The number of benzene rings is 2. The van der Waals surface area contributed by atoms with Crippen molar-refractivity contribution in [2.75, 3.05) is 6.61 Å². The fraction of sp³-hybridized carbons (Fsp3) is 0.368. The van der Waals surface area contributed by atoms with E-state index < -0.39 is 0 Å². The first kappa shape index (κ1) is 21.1. The van der Waals surface area contributed by atoms with Crippen LogP contribution in [-0.2, 0) is 6.54 Å². The average Bonchev–Trinajstić information content (AvgIpc) is 2.55. The van der Waals surface area contributed by atoms with Gasteiger partial charge in [0.2, 0.25) is 0 Å². The van der Waals surface area contributed by atoms with Gasteiger partial charge in [0.05, 0.1) is 11.6 Å². The molecule has 2 aromatic carbocycles. The minimum Gasteiger partial charge on any atom is -0.492 e. The second kappa shape index (κ2) is 10.8. The van der Waals surface area contributed by atoms with E-state index in [0.29, 0.717) is 29.2 Å². The zero-order chi connectivity index (χ0) is 16.7. The molecular weight excluding hydrogens is 365 g/mol. The minimum atomic E-state index is 0. The molecule has 0 saturated heterocycles. The Labute approximate surface area is 160 Å². The highest BCUT2D eigenvalue weighted by atomic mass is 35.5. The van der Waals surface area contributed by atoms with Crippen LogP contribution in [0.4, 0.5) is 0 Å². The molecule has 0 amide bonds. The Morgan fingerprint density at radius 2 is 1.79 bits per heavy atom. The van der Waals surface area contributed by atoms with Crippen LogP contribution in [0.15, 0.2) is 42.5 Å². The molecule has 0 saturated carbocycles. The molecule has 0 aliphatic rings. The second-order valence-corrected chi connectivity index (χ2v) is 6.29. The lowest BCUT2D eigenvalue weighted by molar-refractivity contribution is 0.334. The third-order valence-corrected chi connectivity index (χ3v) is 4.19. The highest BCUT2D eigenvalue weighted by molar-refractivity contribution is 6.35. The Morgan fingerprint density at radius 1 is 1.08 bits per heavy atom. The number of hydrogen-bond acceptors (Lipinski definition) is 2. The SMILES string of the molecule is CCCC(NCc1cc(Cl)cc(Cl)c1OCC)c1ccccc1.Cl. The molecule has 0 heterocycles. The smallest absolute Gasteiger partial charge is 0.142 e. The topological polar surface area (TPSA) is 21.3 Å². The summed E-state index contributed by atoms with van der Waals surface area (Å²) in [6, 6.07) is 14.4. The van der Waals surface area contributed by atoms with Crippen LogP contribution in [0.25, 0.3) is 0 Å². The normalized spacial score (nSPS) is 11.7. The van der Waals surface area contributed by atoms with Gasteiger partial charge < -0.3 is 10.1 Å². The fourth-order valence-corrected chi connectivity index (χ4v) is 3.23. The van der Waals surface area contributed by atoms with E-state index in [4.69, 9.17) is 27.9 Å². The van der Waals surface area contributed by atoms with Crippen LogP contribution < -0.4 is 10.1 Å². The Morgan fingerprint density at radius 3 is 2.42 bits per heavy atom. The van der Waals surface area contributed by atoms with Crippen molar-refractivity contribution in [3.8, 4) is 5.75 Å². The third kappa shape index (κ3) is 5.86. The predicted octanol–water partition coefficient (Wildman–Crippen LogP) is 6.44. The van der Waals surface area contributed by atoms with Crippen molar-refractivity contribution in [3.63, 3.8) is 0 Å². The first-order valence-electron chi connectivity index (χ1n) is 8.04. The van der Waals surface area contributed by atoms with E-state index in [1.807, 2.05) is 19.1 Å². The molecule has 0 fully saturated rings. The summed E-state index contributed by atoms with van der Waals surface area (Å²) in [6.07, 6.45) is 2.18. The van der Waals surface area contributed by atoms with E-state index in [9.17, 15) is 0 Å². The lowest BCUT2D eigenvalue weighted by Gasteiger charge is -2.20. The second-order valence-electron chi connectivity index (χ2n) is 5.44. The van der Waals surface area contributed by atoms with Crippen molar-refractivity contribution >= 4 is 35.6 Å². The van der Waals surface area contributed by atoms with Crippen LogP contribution in [0.2, 0.25) is 10.0 Å². The molecule has 0 aliphatic heterocycles. The number of ether oxygens (including phenoxy) is 1. The van der Waals surface area contributed by atoms with Gasteiger partial charge in [-0.15, -0.1) is 12.4 Å². The summed E-state index contributed by atoms with van der Waals surface area (Å²) in [4.78, 5) is 0. The molecule has 1 N–H and O–H groups in total. The van der Waals surface area contributed by atoms with Crippen molar-refractivity contribution < 1.29 is 4.74 Å². The van der Waals surface area contributed by atoms with E-state index in [2.05, 4.69) is 36.5 Å². The molecule has 0 bridgehead atoms. The molecule has 2 aromatic rings. The van der Waals surface area contributed by atoms with Crippen molar-refractivity contribution in [2.45, 2.75) is 39.3 Å². The average molecular weight is 389 g/mol. The molecule has 0 spiro atoms. The van der Waals surface area contributed by atoms with Crippen LogP contribution in [0.3, 0.4) is 0 Å². The first-order valence-corrected chi connectivity index (χ1v) is 8.80.